The van der Waals surface area contributed by atoms with Crippen molar-refractivity contribution in [2.45, 2.75) is 23.8 Å². The van der Waals surface area contributed by atoms with Gasteiger partial charge in [-0.05, 0) is 37.1 Å². The predicted molar refractivity (Wildman–Crippen MR) is 83.9 cm³/mol. The van der Waals surface area contributed by atoms with Crippen LogP contribution in [0.1, 0.15) is 12.8 Å². The summed E-state index contributed by atoms with van der Waals surface area (Å²) < 4.78 is 52.3. The second-order valence-electron chi connectivity index (χ2n) is 5.04. The molecule has 1 aliphatic heterocycles. The summed E-state index contributed by atoms with van der Waals surface area (Å²) in [4.78, 5) is 0.169. The summed E-state index contributed by atoms with van der Waals surface area (Å²) in [6.45, 7) is 0.615. The average molecular weight is 397 g/mol. The molecule has 2 rings (SSSR count). The van der Waals surface area contributed by atoms with Crippen LogP contribution in [0.5, 0.6) is 0 Å². The Morgan fingerprint density at radius 1 is 1.19 bits per heavy atom. The van der Waals surface area contributed by atoms with Gasteiger partial charge in [0.15, 0.2) is 0 Å². The molecule has 0 radical (unpaired) electrons. The standard InChI is InChI=1S/C12H17BrN2O4S2/c1-20(16,17)15-8-2-3-11(9-15)14-21(18,19)12-6-4-10(13)5-7-12/h4-7,11,14H,2-3,8-9H2,1H3. The van der Waals surface area contributed by atoms with Gasteiger partial charge in [-0.2, -0.15) is 0 Å². The minimum atomic E-state index is -3.64. The lowest BCUT2D eigenvalue weighted by molar-refractivity contribution is 0.305. The highest BCUT2D eigenvalue weighted by Crippen LogP contribution is 2.18. The van der Waals surface area contributed by atoms with Crippen LogP contribution in [0.3, 0.4) is 0 Å². The van der Waals surface area contributed by atoms with E-state index >= 15 is 0 Å². The largest absolute Gasteiger partial charge is 0.240 e. The van der Waals surface area contributed by atoms with Crippen LogP contribution < -0.4 is 4.72 Å². The van der Waals surface area contributed by atoms with Crippen LogP contribution in [0.25, 0.3) is 0 Å². The van der Waals surface area contributed by atoms with Gasteiger partial charge in [-0.15, -0.1) is 0 Å². The van der Waals surface area contributed by atoms with Gasteiger partial charge in [-0.1, -0.05) is 15.9 Å². The third-order valence-corrected chi connectivity index (χ3v) is 6.63. The lowest BCUT2D eigenvalue weighted by Gasteiger charge is -2.31. The minimum absolute atomic E-state index is 0.169. The SMILES string of the molecule is CS(=O)(=O)N1CCCC(NS(=O)(=O)c2ccc(Br)cc2)C1. The summed E-state index contributed by atoms with van der Waals surface area (Å²) in [6.07, 6.45) is 2.40. The quantitative estimate of drug-likeness (QED) is 0.826. The van der Waals surface area contributed by atoms with Crippen LogP contribution in [0.2, 0.25) is 0 Å². The molecule has 1 aromatic rings. The van der Waals surface area contributed by atoms with Crippen LogP contribution in [0.4, 0.5) is 0 Å². The molecule has 6 nitrogen and oxygen atoms in total. The van der Waals surface area contributed by atoms with E-state index in [2.05, 4.69) is 20.7 Å². The zero-order valence-corrected chi connectivity index (χ0v) is 14.7. The maximum absolute atomic E-state index is 12.3. The first-order valence-electron chi connectivity index (χ1n) is 6.41. The molecule has 1 aliphatic rings. The highest BCUT2D eigenvalue weighted by Gasteiger charge is 2.29. The second kappa shape index (κ2) is 6.33. The summed E-state index contributed by atoms with van der Waals surface area (Å²) >= 11 is 3.25. The molecule has 0 spiro atoms. The molecule has 1 atom stereocenters. The number of hydrogen-bond donors (Lipinski definition) is 1. The number of sulfonamides is 2. The molecule has 1 aromatic carbocycles. The van der Waals surface area contributed by atoms with Crippen molar-refractivity contribution in [1.82, 2.24) is 9.03 Å². The van der Waals surface area contributed by atoms with Gasteiger partial charge in [0, 0.05) is 23.6 Å². The normalized spacial score (nSPS) is 21.3. The summed E-state index contributed by atoms with van der Waals surface area (Å²) in [6, 6.07) is 5.91. The maximum Gasteiger partial charge on any atom is 0.240 e. The van der Waals surface area contributed by atoms with Gasteiger partial charge in [0.2, 0.25) is 20.0 Å². The van der Waals surface area contributed by atoms with E-state index in [0.717, 1.165) is 10.7 Å². The third-order valence-electron chi connectivity index (χ3n) is 3.30. The second-order valence-corrected chi connectivity index (χ2v) is 9.65. The molecule has 0 bridgehead atoms. The summed E-state index contributed by atoms with van der Waals surface area (Å²) in [7, 11) is -6.93. The minimum Gasteiger partial charge on any atom is -0.213 e. The van der Waals surface area contributed by atoms with Crippen LogP contribution in [-0.2, 0) is 20.0 Å². The third kappa shape index (κ3) is 4.49. The van der Waals surface area contributed by atoms with Crippen molar-refractivity contribution >= 4 is 36.0 Å². The molecule has 9 heteroatoms. The first-order valence-corrected chi connectivity index (χ1v) is 10.5. The van der Waals surface area contributed by atoms with Crippen molar-refractivity contribution in [2.24, 2.45) is 0 Å². The predicted octanol–water partition coefficient (Wildman–Crippen LogP) is 1.15. The van der Waals surface area contributed by atoms with Crippen LogP contribution in [0, 0.1) is 0 Å². The number of nitrogens with zero attached hydrogens (tertiary/aromatic N) is 1. The molecule has 0 amide bonds. The van der Waals surface area contributed by atoms with Crippen molar-refractivity contribution in [3.8, 4) is 0 Å². The summed E-state index contributed by atoms with van der Waals surface area (Å²) in [5.74, 6) is 0. The fraction of sp³-hybridized carbons (Fsp3) is 0.500. The van der Waals surface area contributed by atoms with E-state index in [1.54, 1.807) is 12.1 Å². The van der Waals surface area contributed by atoms with E-state index in [0.29, 0.717) is 19.4 Å². The average Bonchev–Trinajstić information content (AvgIpc) is 2.38. The van der Waals surface area contributed by atoms with Crippen LogP contribution >= 0.6 is 15.9 Å². The van der Waals surface area contributed by atoms with Crippen molar-refractivity contribution in [2.75, 3.05) is 19.3 Å². The van der Waals surface area contributed by atoms with E-state index in [9.17, 15) is 16.8 Å². The Bertz CT molecular complexity index is 701. The summed E-state index contributed by atoms with van der Waals surface area (Å²) in [5, 5.41) is 0. The molecule has 1 unspecified atom stereocenters. The number of rotatable bonds is 4. The topological polar surface area (TPSA) is 83.6 Å². The molecular weight excluding hydrogens is 380 g/mol. The van der Waals surface area contributed by atoms with E-state index < -0.39 is 26.1 Å². The smallest absolute Gasteiger partial charge is 0.213 e. The maximum atomic E-state index is 12.3. The molecule has 1 saturated heterocycles. The Morgan fingerprint density at radius 2 is 1.81 bits per heavy atom. The van der Waals surface area contributed by atoms with Gasteiger partial charge >= 0.3 is 0 Å². The first kappa shape index (κ1) is 16.9. The fourth-order valence-corrected chi connectivity index (χ4v) is 4.68. The first-order chi connectivity index (χ1) is 9.68. The molecule has 118 valence electrons. The van der Waals surface area contributed by atoms with Crippen molar-refractivity contribution < 1.29 is 16.8 Å². The van der Waals surface area contributed by atoms with E-state index in [1.165, 1.54) is 16.4 Å². The monoisotopic (exact) mass is 396 g/mol. The zero-order valence-electron chi connectivity index (χ0n) is 11.5. The number of benzene rings is 1. The molecule has 1 heterocycles. The van der Waals surface area contributed by atoms with E-state index in [1.807, 2.05) is 0 Å². The molecular formula is C12H17BrN2O4S2. The van der Waals surface area contributed by atoms with Gasteiger partial charge < -0.3 is 0 Å². The molecule has 0 aromatic heterocycles. The Labute approximate surface area is 133 Å². The van der Waals surface area contributed by atoms with Crippen LogP contribution in [0.15, 0.2) is 33.6 Å². The number of hydrogen-bond acceptors (Lipinski definition) is 4. The highest BCUT2D eigenvalue weighted by atomic mass is 79.9. The number of nitrogens with one attached hydrogen (secondary N) is 1. The number of halogens is 1. The molecule has 1 fully saturated rings. The lowest BCUT2D eigenvalue weighted by Crippen LogP contribution is -2.49. The zero-order chi connectivity index (χ0) is 15.7. The van der Waals surface area contributed by atoms with Crippen molar-refractivity contribution in [1.29, 1.82) is 0 Å². The Kier molecular flexibility index (Phi) is 5.09. The summed E-state index contributed by atoms with van der Waals surface area (Å²) in [5.41, 5.74) is 0. The van der Waals surface area contributed by atoms with Gasteiger partial charge in [-0.3, -0.25) is 0 Å². The molecule has 21 heavy (non-hydrogen) atoms. The van der Waals surface area contributed by atoms with Crippen LogP contribution in [-0.4, -0.2) is 46.5 Å². The Hall–Kier alpha value is -0.480. The van der Waals surface area contributed by atoms with Gasteiger partial charge in [-0.25, -0.2) is 25.9 Å². The highest BCUT2D eigenvalue weighted by molar-refractivity contribution is 9.10. The Balaban J connectivity index is 2.11. The van der Waals surface area contributed by atoms with Crippen molar-refractivity contribution in [3.05, 3.63) is 28.7 Å². The van der Waals surface area contributed by atoms with E-state index in [4.69, 9.17) is 0 Å². The fourth-order valence-electron chi connectivity index (χ4n) is 2.24. The van der Waals surface area contributed by atoms with Crippen molar-refractivity contribution in [3.63, 3.8) is 0 Å². The lowest BCUT2D eigenvalue weighted by atomic mass is 10.1. The Morgan fingerprint density at radius 3 is 2.38 bits per heavy atom. The van der Waals surface area contributed by atoms with Gasteiger partial charge in [0.25, 0.3) is 0 Å². The molecule has 0 saturated carbocycles. The molecule has 1 N–H and O–H groups in total. The number of piperidine rings is 1. The van der Waals surface area contributed by atoms with E-state index in [-0.39, 0.29) is 11.4 Å². The molecule has 0 aliphatic carbocycles. The van der Waals surface area contributed by atoms with Gasteiger partial charge in [0.1, 0.15) is 0 Å². The van der Waals surface area contributed by atoms with Gasteiger partial charge in [0.05, 0.1) is 11.2 Å².